The Labute approximate surface area is 130 Å². The number of guanidine groups is 1. The van der Waals surface area contributed by atoms with Gasteiger partial charge in [0.05, 0.1) is 0 Å². The fraction of sp³-hybridized carbons (Fsp3) is 0.929. The molecule has 0 radical (unpaired) electrons. The van der Waals surface area contributed by atoms with Crippen molar-refractivity contribution in [2.45, 2.75) is 66.0 Å². The van der Waals surface area contributed by atoms with Crippen LogP contribution in [0.3, 0.4) is 0 Å². The van der Waals surface area contributed by atoms with Gasteiger partial charge in [-0.3, -0.25) is 4.99 Å². The second kappa shape index (κ2) is 8.99. The molecule has 0 aromatic carbocycles. The van der Waals surface area contributed by atoms with Gasteiger partial charge in [0.25, 0.3) is 0 Å². The molecule has 0 bridgehead atoms. The van der Waals surface area contributed by atoms with Gasteiger partial charge in [-0.05, 0) is 38.5 Å². The SMILES string of the molecule is CCCC1CC1NC(=NCC)NC(C)C(C)C.I. The largest absolute Gasteiger partial charge is 0.354 e. The van der Waals surface area contributed by atoms with E-state index >= 15 is 0 Å². The van der Waals surface area contributed by atoms with Crippen LogP contribution in [-0.2, 0) is 0 Å². The maximum Gasteiger partial charge on any atom is 0.191 e. The lowest BCUT2D eigenvalue weighted by atomic mass is 10.1. The minimum absolute atomic E-state index is 0. The molecule has 3 nitrogen and oxygen atoms in total. The highest BCUT2D eigenvalue weighted by molar-refractivity contribution is 14.0. The van der Waals surface area contributed by atoms with Crippen LogP contribution in [0.4, 0.5) is 0 Å². The quantitative estimate of drug-likeness (QED) is 0.429. The third-order valence-electron chi connectivity index (χ3n) is 3.58. The van der Waals surface area contributed by atoms with Crippen LogP contribution in [0.15, 0.2) is 4.99 Å². The number of hydrogen-bond donors (Lipinski definition) is 2. The molecular formula is C14H30IN3. The summed E-state index contributed by atoms with van der Waals surface area (Å²) in [5.41, 5.74) is 0. The number of aliphatic imine (C=N–C) groups is 1. The Balaban J connectivity index is 0.00000289. The molecule has 0 saturated heterocycles. The zero-order chi connectivity index (χ0) is 12.8. The minimum Gasteiger partial charge on any atom is -0.354 e. The van der Waals surface area contributed by atoms with E-state index in [0.717, 1.165) is 18.4 Å². The van der Waals surface area contributed by atoms with E-state index in [2.05, 4.69) is 50.2 Å². The third kappa shape index (κ3) is 6.25. The maximum atomic E-state index is 4.52. The molecule has 18 heavy (non-hydrogen) atoms. The lowest BCUT2D eigenvalue weighted by Crippen LogP contribution is -2.45. The molecule has 1 fully saturated rings. The molecule has 0 aliphatic heterocycles. The molecule has 0 aromatic rings. The molecular weight excluding hydrogens is 337 g/mol. The molecule has 2 N–H and O–H groups in total. The number of halogens is 1. The van der Waals surface area contributed by atoms with Gasteiger partial charge in [-0.25, -0.2) is 0 Å². The summed E-state index contributed by atoms with van der Waals surface area (Å²) in [7, 11) is 0. The summed E-state index contributed by atoms with van der Waals surface area (Å²) in [5, 5.41) is 7.04. The highest BCUT2D eigenvalue weighted by Gasteiger charge is 2.36. The van der Waals surface area contributed by atoms with Crippen molar-refractivity contribution in [1.29, 1.82) is 0 Å². The van der Waals surface area contributed by atoms with Crippen LogP contribution in [0.5, 0.6) is 0 Å². The summed E-state index contributed by atoms with van der Waals surface area (Å²) in [6.45, 7) is 11.9. The van der Waals surface area contributed by atoms with Crippen molar-refractivity contribution in [3.63, 3.8) is 0 Å². The molecule has 0 spiro atoms. The lowest BCUT2D eigenvalue weighted by Gasteiger charge is -2.21. The maximum absolute atomic E-state index is 4.52. The van der Waals surface area contributed by atoms with Gasteiger partial charge in [-0.15, -0.1) is 24.0 Å². The van der Waals surface area contributed by atoms with E-state index in [-0.39, 0.29) is 24.0 Å². The molecule has 3 unspecified atom stereocenters. The second-order valence-corrected chi connectivity index (χ2v) is 5.54. The van der Waals surface area contributed by atoms with Crippen molar-refractivity contribution < 1.29 is 0 Å². The minimum atomic E-state index is 0. The zero-order valence-corrected chi connectivity index (χ0v) is 14.8. The molecule has 1 saturated carbocycles. The first-order valence-corrected chi connectivity index (χ1v) is 7.15. The molecule has 108 valence electrons. The third-order valence-corrected chi connectivity index (χ3v) is 3.58. The first kappa shape index (κ1) is 18.0. The molecule has 0 heterocycles. The fourth-order valence-corrected chi connectivity index (χ4v) is 1.96. The van der Waals surface area contributed by atoms with E-state index in [0.29, 0.717) is 18.0 Å². The van der Waals surface area contributed by atoms with Gasteiger partial charge in [0.2, 0.25) is 0 Å². The van der Waals surface area contributed by atoms with Crippen LogP contribution in [-0.4, -0.2) is 24.6 Å². The summed E-state index contributed by atoms with van der Waals surface area (Å²) in [5.74, 6) is 2.50. The normalized spacial score (nSPS) is 24.4. The van der Waals surface area contributed by atoms with Crippen LogP contribution in [0, 0.1) is 11.8 Å². The van der Waals surface area contributed by atoms with Crippen molar-refractivity contribution in [1.82, 2.24) is 10.6 Å². The van der Waals surface area contributed by atoms with Gasteiger partial charge in [-0.2, -0.15) is 0 Å². The molecule has 4 heteroatoms. The number of nitrogens with zero attached hydrogens (tertiary/aromatic N) is 1. The smallest absolute Gasteiger partial charge is 0.191 e. The average molecular weight is 367 g/mol. The van der Waals surface area contributed by atoms with Gasteiger partial charge in [0.1, 0.15) is 0 Å². The Kier molecular flexibility index (Phi) is 8.99. The van der Waals surface area contributed by atoms with E-state index in [1.807, 2.05) is 0 Å². The average Bonchev–Trinajstić information content (AvgIpc) is 2.97. The van der Waals surface area contributed by atoms with E-state index in [1.54, 1.807) is 0 Å². The predicted octanol–water partition coefficient (Wildman–Crippen LogP) is 3.39. The van der Waals surface area contributed by atoms with Gasteiger partial charge in [0, 0.05) is 18.6 Å². The summed E-state index contributed by atoms with van der Waals surface area (Å²) in [6.07, 6.45) is 3.95. The highest BCUT2D eigenvalue weighted by Crippen LogP contribution is 2.34. The fourth-order valence-electron chi connectivity index (χ4n) is 1.96. The van der Waals surface area contributed by atoms with Crippen molar-refractivity contribution >= 4 is 29.9 Å². The molecule has 0 aromatic heterocycles. The predicted molar refractivity (Wildman–Crippen MR) is 90.8 cm³/mol. The van der Waals surface area contributed by atoms with E-state index in [1.165, 1.54) is 19.3 Å². The molecule has 1 aliphatic carbocycles. The summed E-state index contributed by atoms with van der Waals surface area (Å²) < 4.78 is 0. The topological polar surface area (TPSA) is 36.4 Å². The zero-order valence-electron chi connectivity index (χ0n) is 12.5. The van der Waals surface area contributed by atoms with Gasteiger partial charge in [0.15, 0.2) is 5.96 Å². The van der Waals surface area contributed by atoms with Gasteiger partial charge in [-0.1, -0.05) is 27.2 Å². The van der Waals surface area contributed by atoms with Crippen LogP contribution in [0.1, 0.15) is 53.9 Å². The Hall–Kier alpha value is 0. The van der Waals surface area contributed by atoms with E-state index in [4.69, 9.17) is 0 Å². The molecule has 1 rings (SSSR count). The number of rotatable bonds is 6. The van der Waals surface area contributed by atoms with Crippen molar-refractivity contribution in [3.05, 3.63) is 0 Å². The van der Waals surface area contributed by atoms with E-state index < -0.39 is 0 Å². The molecule has 1 aliphatic rings. The summed E-state index contributed by atoms with van der Waals surface area (Å²) in [4.78, 5) is 4.52. The Bertz CT molecular complexity index is 253. The lowest BCUT2D eigenvalue weighted by molar-refractivity contribution is 0.479. The van der Waals surface area contributed by atoms with Crippen LogP contribution in [0.25, 0.3) is 0 Å². The first-order valence-electron chi connectivity index (χ1n) is 7.15. The van der Waals surface area contributed by atoms with Gasteiger partial charge >= 0.3 is 0 Å². The van der Waals surface area contributed by atoms with Crippen LogP contribution < -0.4 is 10.6 Å². The summed E-state index contributed by atoms with van der Waals surface area (Å²) >= 11 is 0. The van der Waals surface area contributed by atoms with E-state index in [9.17, 15) is 0 Å². The Morgan fingerprint density at radius 2 is 1.94 bits per heavy atom. The first-order chi connectivity index (χ1) is 8.08. The van der Waals surface area contributed by atoms with Crippen molar-refractivity contribution in [2.24, 2.45) is 16.8 Å². The van der Waals surface area contributed by atoms with Crippen LogP contribution in [0.2, 0.25) is 0 Å². The van der Waals surface area contributed by atoms with Gasteiger partial charge < -0.3 is 10.6 Å². The highest BCUT2D eigenvalue weighted by atomic mass is 127. The number of hydrogen-bond acceptors (Lipinski definition) is 1. The molecule has 3 atom stereocenters. The monoisotopic (exact) mass is 367 g/mol. The molecule has 0 amide bonds. The van der Waals surface area contributed by atoms with Crippen LogP contribution >= 0.6 is 24.0 Å². The standard InChI is InChI=1S/C14H29N3.HI/c1-6-8-12-9-13(12)17-14(15-7-2)16-11(5)10(3)4;/h10-13H,6-9H2,1-5H3,(H2,15,16,17);1H. The Morgan fingerprint density at radius 1 is 1.28 bits per heavy atom. The van der Waals surface area contributed by atoms with Crippen molar-refractivity contribution in [2.75, 3.05) is 6.54 Å². The summed E-state index contributed by atoms with van der Waals surface area (Å²) in [6, 6.07) is 1.13. The number of nitrogens with one attached hydrogen (secondary N) is 2. The van der Waals surface area contributed by atoms with Crippen molar-refractivity contribution in [3.8, 4) is 0 Å². The Morgan fingerprint density at radius 3 is 2.44 bits per heavy atom. The second-order valence-electron chi connectivity index (χ2n) is 5.54.